The van der Waals surface area contributed by atoms with Crippen LogP contribution in [0.25, 0.3) is 60.8 Å². The fourth-order valence-electron chi connectivity index (χ4n) is 5.41. The predicted octanol–water partition coefficient (Wildman–Crippen LogP) is 8.97. The van der Waals surface area contributed by atoms with Crippen LogP contribution < -0.4 is 0 Å². The van der Waals surface area contributed by atoms with Gasteiger partial charge in [0.25, 0.3) is 0 Å². The van der Waals surface area contributed by atoms with E-state index in [-0.39, 0.29) is 0 Å². The van der Waals surface area contributed by atoms with Crippen molar-refractivity contribution in [3.05, 3.63) is 133 Å². The summed E-state index contributed by atoms with van der Waals surface area (Å²) in [6.07, 6.45) is 0. The third kappa shape index (κ3) is 3.23. The number of rotatable bonds is 3. The molecule has 0 aliphatic rings. The molecule has 36 heavy (non-hydrogen) atoms. The standard InChI is InChI=1S/C34H24N2/c1-23-11-9-20-31-33(23)35-34(36(31)28-16-3-2-4-17-28)27-15-10-14-26(22-27)32-29-18-7-5-12-24(29)21-25-13-6-8-19-30(25)32/h2-22H,1H3. The van der Waals surface area contributed by atoms with Gasteiger partial charge in [-0.25, -0.2) is 4.98 Å². The van der Waals surface area contributed by atoms with E-state index in [1.165, 1.54) is 38.2 Å². The first-order chi connectivity index (χ1) is 17.8. The molecule has 1 aromatic heterocycles. The molecular weight excluding hydrogens is 436 g/mol. The van der Waals surface area contributed by atoms with E-state index < -0.39 is 0 Å². The smallest absolute Gasteiger partial charge is 0.145 e. The Morgan fingerprint density at radius 3 is 1.94 bits per heavy atom. The van der Waals surface area contributed by atoms with Crippen molar-refractivity contribution in [2.24, 2.45) is 0 Å². The van der Waals surface area contributed by atoms with Crippen molar-refractivity contribution in [2.75, 3.05) is 0 Å². The van der Waals surface area contributed by atoms with Crippen molar-refractivity contribution in [1.82, 2.24) is 9.55 Å². The molecule has 7 aromatic rings. The van der Waals surface area contributed by atoms with Gasteiger partial charge in [-0.3, -0.25) is 4.57 Å². The molecule has 0 amide bonds. The highest BCUT2D eigenvalue weighted by atomic mass is 15.1. The lowest BCUT2D eigenvalue weighted by atomic mass is 9.91. The fourth-order valence-corrected chi connectivity index (χ4v) is 5.41. The Morgan fingerprint density at radius 1 is 0.556 bits per heavy atom. The summed E-state index contributed by atoms with van der Waals surface area (Å²) in [5.74, 6) is 0.955. The molecule has 0 unspecified atom stereocenters. The molecule has 0 bridgehead atoms. The molecule has 0 N–H and O–H groups in total. The highest BCUT2D eigenvalue weighted by Crippen LogP contribution is 2.38. The maximum Gasteiger partial charge on any atom is 0.145 e. The summed E-state index contributed by atoms with van der Waals surface area (Å²) in [4.78, 5) is 5.18. The summed E-state index contributed by atoms with van der Waals surface area (Å²) in [6, 6.07) is 45.4. The SMILES string of the molecule is Cc1cccc2c1nc(-c1cccc(-c3c4ccccc4cc4ccccc34)c1)n2-c1ccccc1. The van der Waals surface area contributed by atoms with Crippen molar-refractivity contribution in [3.8, 4) is 28.2 Å². The fraction of sp³-hybridized carbons (Fsp3) is 0.0294. The molecule has 7 rings (SSSR count). The zero-order valence-corrected chi connectivity index (χ0v) is 20.0. The molecule has 0 saturated carbocycles. The molecule has 0 spiro atoms. The Balaban J connectivity index is 1.52. The van der Waals surface area contributed by atoms with E-state index in [2.05, 4.69) is 139 Å². The van der Waals surface area contributed by atoms with Crippen LogP contribution in [0, 0.1) is 6.92 Å². The van der Waals surface area contributed by atoms with Gasteiger partial charge in [0, 0.05) is 11.3 Å². The second kappa shape index (κ2) is 8.21. The van der Waals surface area contributed by atoms with Gasteiger partial charge in [0.05, 0.1) is 11.0 Å². The van der Waals surface area contributed by atoms with Crippen molar-refractivity contribution in [1.29, 1.82) is 0 Å². The molecule has 0 fully saturated rings. The molecule has 6 aromatic carbocycles. The van der Waals surface area contributed by atoms with Crippen LogP contribution in [0.5, 0.6) is 0 Å². The van der Waals surface area contributed by atoms with Gasteiger partial charge in [0.2, 0.25) is 0 Å². The van der Waals surface area contributed by atoms with Crippen LogP contribution in [0.3, 0.4) is 0 Å². The van der Waals surface area contributed by atoms with E-state index in [0.29, 0.717) is 0 Å². The van der Waals surface area contributed by atoms with E-state index in [9.17, 15) is 0 Å². The zero-order valence-electron chi connectivity index (χ0n) is 20.0. The highest BCUT2D eigenvalue weighted by molar-refractivity contribution is 6.12. The Hall–Kier alpha value is -4.69. The molecule has 1 heterocycles. The van der Waals surface area contributed by atoms with E-state index in [1.54, 1.807) is 0 Å². The first-order valence-corrected chi connectivity index (χ1v) is 12.3. The van der Waals surface area contributed by atoms with Crippen molar-refractivity contribution >= 4 is 32.6 Å². The minimum atomic E-state index is 0.955. The number of aryl methyl sites for hydroxylation is 1. The maximum atomic E-state index is 5.18. The summed E-state index contributed by atoms with van der Waals surface area (Å²) in [6.45, 7) is 2.13. The first kappa shape index (κ1) is 20.7. The molecule has 0 aliphatic carbocycles. The van der Waals surface area contributed by atoms with Crippen LogP contribution in [-0.4, -0.2) is 9.55 Å². The van der Waals surface area contributed by atoms with Gasteiger partial charge < -0.3 is 0 Å². The Morgan fingerprint density at radius 2 is 1.19 bits per heavy atom. The first-order valence-electron chi connectivity index (χ1n) is 12.3. The number of fused-ring (bicyclic) bond motifs is 3. The van der Waals surface area contributed by atoms with Crippen molar-refractivity contribution in [3.63, 3.8) is 0 Å². The summed E-state index contributed by atoms with van der Waals surface area (Å²) in [7, 11) is 0. The highest BCUT2D eigenvalue weighted by Gasteiger charge is 2.17. The summed E-state index contributed by atoms with van der Waals surface area (Å²) < 4.78 is 2.28. The van der Waals surface area contributed by atoms with Crippen LogP contribution in [0.15, 0.2) is 127 Å². The Bertz CT molecular complexity index is 1840. The van der Waals surface area contributed by atoms with Gasteiger partial charge >= 0.3 is 0 Å². The molecule has 0 aliphatic heterocycles. The summed E-state index contributed by atoms with van der Waals surface area (Å²) >= 11 is 0. The van der Waals surface area contributed by atoms with E-state index in [4.69, 9.17) is 4.98 Å². The van der Waals surface area contributed by atoms with Crippen molar-refractivity contribution < 1.29 is 0 Å². The van der Waals surface area contributed by atoms with Crippen LogP contribution in [0.1, 0.15) is 5.56 Å². The van der Waals surface area contributed by atoms with Crippen LogP contribution >= 0.6 is 0 Å². The van der Waals surface area contributed by atoms with E-state index >= 15 is 0 Å². The molecule has 0 saturated heterocycles. The maximum absolute atomic E-state index is 5.18. The second-order valence-electron chi connectivity index (χ2n) is 9.32. The van der Waals surface area contributed by atoms with Gasteiger partial charge in [0.1, 0.15) is 5.82 Å². The lowest BCUT2D eigenvalue weighted by Crippen LogP contribution is -1.97. The predicted molar refractivity (Wildman–Crippen MR) is 152 cm³/mol. The lowest BCUT2D eigenvalue weighted by molar-refractivity contribution is 1.10. The molecule has 0 radical (unpaired) electrons. The molecule has 170 valence electrons. The number of nitrogens with zero attached hydrogens (tertiary/aromatic N) is 2. The summed E-state index contributed by atoms with van der Waals surface area (Å²) in [5.41, 5.74) is 8.02. The Labute approximate surface area is 210 Å². The molecular formula is C34H24N2. The lowest BCUT2D eigenvalue weighted by Gasteiger charge is -2.14. The largest absolute Gasteiger partial charge is 0.292 e. The number of hydrogen-bond acceptors (Lipinski definition) is 1. The van der Waals surface area contributed by atoms with E-state index in [0.717, 1.165) is 28.1 Å². The number of hydrogen-bond donors (Lipinski definition) is 0. The average molecular weight is 461 g/mol. The van der Waals surface area contributed by atoms with Gasteiger partial charge in [0.15, 0.2) is 0 Å². The van der Waals surface area contributed by atoms with Gasteiger partial charge in [-0.05, 0) is 75.5 Å². The number of benzene rings is 6. The normalized spacial score (nSPS) is 11.5. The van der Waals surface area contributed by atoms with E-state index in [1.807, 2.05) is 0 Å². The van der Waals surface area contributed by atoms with Gasteiger partial charge in [-0.2, -0.15) is 0 Å². The van der Waals surface area contributed by atoms with Gasteiger partial charge in [-0.1, -0.05) is 97.1 Å². The zero-order chi connectivity index (χ0) is 24.1. The molecule has 2 nitrogen and oxygen atoms in total. The number of imidazole rings is 1. The number of aromatic nitrogens is 2. The minimum absolute atomic E-state index is 0.955. The van der Waals surface area contributed by atoms with Crippen LogP contribution in [-0.2, 0) is 0 Å². The third-order valence-electron chi connectivity index (χ3n) is 7.08. The third-order valence-corrected chi connectivity index (χ3v) is 7.08. The van der Waals surface area contributed by atoms with Crippen LogP contribution in [0.4, 0.5) is 0 Å². The quantitative estimate of drug-likeness (QED) is 0.241. The van der Waals surface area contributed by atoms with Crippen LogP contribution in [0.2, 0.25) is 0 Å². The number of para-hydroxylation sites is 2. The average Bonchev–Trinajstić information content (AvgIpc) is 3.33. The molecule has 2 heteroatoms. The summed E-state index contributed by atoms with van der Waals surface area (Å²) in [5, 5.41) is 5.04. The topological polar surface area (TPSA) is 17.8 Å². The second-order valence-corrected chi connectivity index (χ2v) is 9.32. The van der Waals surface area contributed by atoms with Crippen molar-refractivity contribution in [2.45, 2.75) is 6.92 Å². The molecule has 0 atom stereocenters. The Kier molecular flexibility index (Phi) is 4.71. The monoisotopic (exact) mass is 460 g/mol. The minimum Gasteiger partial charge on any atom is -0.292 e. The van der Waals surface area contributed by atoms with Gasteiger partial charge in [-0.15, -0.1) is 0 Å².